The van der Waals surface area contributed by atoms with Gasteiger partial charge >= 0.3 is 0 Å². The first kappa shape index (κ1) is 22.5. The third-order valence-electron chi connectivity index (χ3n) is 6.30. The zero-order chi connectivity index (χ0) is 23.5. The van der Waals surface area contributed by atoms with Crippen molar-refractivity contribution in [2.75, 3.05) is 45.7 Å². The molecule has 1 aliphatic heterocycles. The number of fused-ring (bicyclic) bond motifs is 1. The third kappa shape index (κ3) is 5.43. The second-order valence-corrected chi connectivity index (χ2v) is 9.41. The van der Waals surface area contributed by atoms with Gasteiger partial charge in [-0.3, -0.25) is 4.90 Å². The molecule has 2 fully saturated rings. The van der Waals surface area contributed by atoms with E-state index >= 15 is 0 Å². The normalized spacial score (nSPS) is 17.1. The minimum absolute atomic E-state index is 0.578. The van der Waals surface area contributed by atoms with Crippen LogP contribution in [0.25, 0.3) is 16.5 Å². The van der Waals surface area contributed by atoms with E-state index in [0.29, 0.717) is 11.9 Å². The highest BCUT2D eigenvalue weighted by Crippen LogP contribution is 2.40. The Morgan fingerprint density at radius 3 is 2.74 bits per heavy atom. The van der Waals surface area contributed by atoms with E-state index in [9.17, 15) is 0 Å². The van der Waals surface area contributed by atoms with Crippen molar-refractivity contribution >= 4 is 34.3 Å². The maximum Gasteiger partial charge on any atom is 0.227 e. The molecule has 2 aliphatic rings. The summed E-state index contributed by atoms with van der Waals surface area (Å²) < 4.78 is 5.51. The molecule has 3 aromatic rings. The molecule has 1 saturated heterocycles. The van der Waals surface area contributed by atoms with E-state index in [1.54, 1.807) is 0 Å². The predicted molar refractivity (Wildman–Crippen MR) is 138 cm³/mol. The summed E-state index contributed by atoms with van der Waals surface area (Å²) in [6.45, 7) is 4.22. The number of rotatable bonds is 8. The lowest BCUT2D eigenvalue weighted by molar-refractivity contribution is 0.0342. The Hall–Kier alpha value is -3.29. The van der Waals surface area contributed by atoms with Crippen molar-refractivity contribution < 1.29 is 4.74 Å². The summed E-state index contributed by atoms with van der Waals surface area (Å²) in [5.74, 6) is 1.29. The Morgan fingerprint density at radius 2 is 2.00 bits per heavy atom. The van der Waals surface area contributed by atoms with Crippen molar-refractivity contribution in [3.8, 4) is 0 Å². The molecule has 0 spiro atoms. The number of allylic oxidation sites excluding steroid dienone is 1. The fraction of sp³-hybridized carbons (Fsp3) is 0.370. The third-order valence-corrected chi connectivity index (χ3v) is 6.30. The van der Waals surface area contributed by atoms with Crippen molar-refractivity contribution in [3.05, 3.63) is 65.5 Å². The molecule has 1 saturated carbocycles. The summed E-state index contributed by atoms with van der Waals surface area (Å²) >= 11 is 0. The quantitative estimate of drug-likeness (QED) is 0.481. The first-order valence-corrected chi connectivity index (χ1v) is 11.9. The number of ether oxygens (including phenoxy) is 1. The van der Waals surface area contributed by atoms with Crippen molar-refractivity contribution in [2.45, 2.75) is 25.3 Å². The van der Waals surface area contributed by atoms with Crippen LogP contribution in [0.5, 0.6) is 0 Å². The molecular weight excluding hydrogens is 424 g/mol. The van der Waals surface area contributed by atoms with Crippen LogP contribution < -0.4 is 5.32 Å². The summed E-state index contributed by atoms with van der Waals surface area (Å²) in [4.78, 5) is 13.7. The molecule has 7 nitrogen and oxygen atoms in total. The Balaban J connectivity index is 1.44. The van der Waals surface area contributed by atoms with E-state index in [1.807, 2.05) is 31.4 Å². The fourth-order valence-corrected chi connectivity index (χ4v) is 4.42. The lowest BCUT2D eigenvalue weighted by Gasteiger charge is -2.27. The van der Waals surface area contributed by atoms with Gasteiger partial charge in [0.25, 0.3) is 0 Å². The minimum atomic E-state index is 0.578. The van der Waals surface area contributed by atoms with Crippen molar-refractivity contribution in [3.63, 3.8) is 0 Å². The highest BCUT2D eigenvalue weighted by molar-refractivity contribution is 6.08. The first-order valence-electron chi connectivity index (χ1n) is 11.9. The van der Waals surface area contributed by atoms with E-state index in [4.69, 9.17) is 15.1 Å². The van der Waals surface area contributed by atoms with Crippen LogP contribution in [0.4, 0.5) is 11.6 Å². The summed E-state index contributed by atoms with van der Waals surface area (Å²) in [6.07, 6.45) is 7.85. The van der Waals surface area contributed by atoms with Gasteiger partial charge < -0.3 is 20.4 Å². The summed E-state index contributed by atoms with van der Waals surface area (Å²) in [6, 6.07) is 12.9. The van der Waals surface area contributed by atoms with E-state index in [2.05, 4.69) is 51.6 Å². The molecule has 1 aliphatic carbocycles. The average molecular weight is 457 g/mol. The van der Waals surface area contributed by atoms with Crippen LogP contribution in [0.1, 0.15) is 35.4 Å². The second-order valence-electron chi connectivity index (χ2n) is 9.41. The molecule has 0 amide bonds. The summed E-state index contributed by atoms with van der Waals surface area (Å²) in [5, 5.41) is 12.5. The standard InChI is InChI=1S/C27H32N6O/c1-32(2)18-24(15-28)22-11-19(17-33-7-9-34-10-8-33)12-25(14-22)30-27-29-16-23-13-21(20-3-4-20)5-6-26(23)31-27/h5-6,11-16,18,20,28H,3-4,7-10,17H2,1-2H3,(H,29,30,31)/b24-18+,28-15?. The van der Waals surface area contributed by atoms with Gasteiger partial charge in [0.15, 0.2) is 0 Å². The molecule has 5 rings (SSSR count). The first-order chi connectivity index (χ1) is 16.6. The highest BCUT2D eigenvalue weighted by atomic mass is 16.5. The number of nitrogens with one attached hydrogen (secondary N) is 2. The van der Waals surface area contributed by atoms with Gasteiger partial charge in [0.1, 0.15) is 0 Å². The minimum Gasteiger partial charge on any atom is -0.383 e. The van der Waals surface area contributed by atoms with Crippen LogP contribution in [-0.2, 0) is 11.3 Å². The molecule has 0 radical (unpaired) electrons. The van der Waals surface area contributed by atoms with Gasteiger partial charge in [-0.1, -0.05) is 6.07 Å². The monoisotopic (exact) mass is 456 g/mol. The largest absolute Gasteiger partial charge is 0.383 e. The molecule has 2 heterocycles. The molecule has 7 heteroatoms. The average Bonchev–Trinajstić information content (AvgIpc) is 3.68. The number of hydrogen-bond acceptors (Lipinski definition) is 7. The van der Waals surface area contributed by atoms with E-state index in [-0.39, 0.29) is 0 Å². The number of hydrogen-bond donors (Lipinski definition) is 2. The number of benzene rings is 2. The molecule has 0 unspecified atom stereocenters. The SMILES string of the molecule is CN(C)/C=C(\C=N)c1cc(CN2CCOCC2)cc(Nc2ncc3cc(C4CC4)ccc3n2)c1. The van der Waals surface area contributed by atoms with Gasteiger partial charge in [-0.05, 0) is 65.8 Å². The zero-order valence-electron chi connectivity index (χ0n) is 19.9. The number of anilines is 2. The van der Waals surface area contributed by atoms with Crippen molar-refractivity contribution in [1.29, 1.82) is 5.41 Å². The second kappa shape index (κ2) is 9.91. The Kier molecular flexibility index (Phi) is 6.56. The topological polar surface area (TPSA) is 77.4 Å². The van der Waals surface area contributed by atoms with Gasteiger partial charge in [-0.25, -0.2) is 9.97 Å². The number of aromatic nitrogens is 2. The van der Waals surface area contributed by atoms with Gasteiger partial charge in [0.2, 0.25) is 5.95 Å². The van der Waals surface area contributed by atoms with Gasteiger partial charge in [-0.15, -0.1) is 0 Å². The van der Waals surface area contributed by atoms with E-state index in [0.717, 1.165) is 60.6 Å². The Bertz CT molecular complexity index is 1210. The van der Waals surface area contributed by atoms with Crippen LogP contribution in [0.2, 0.25) is 0 Å². The van der Waals surface area contributed by atoms with Crippen molar-refractivity contribution in [1.82, 2.24) is 19.8 Å². The summed E-state index contributed by atoms with van der Waals surface area (Å²) in [7, 11) is 3.94. The molecule has 2 aromatic carbocycles. The molecule has 2 N–H and O–H groups in total. The maximum atomic E-state index is 7.96. The van der Waals surface area contributed by atoms with Gasteiger partial charge in [-0.2, -0.15) is 0 Å². The van der Waals surface area contributed by atoms with E-state index in [1.165, 1.54) is 30.2 Å². The van der Waals surface area contributed by atoms with Crippen LogP contribution in [-0.4, -0.2) is 66.4 Å². The Labute approximate surface area is 201 Å². The molecule has 0 bridgehead atoms. The number of morpholine rings is 1. The maximum absolute atomic E-state index is 7.96. The molecule has 0 atom stereocenters. The predicted octanol–water partition coefficient (Wildman–Crippen LogP) is 4.64. The van der Waals surface area contributed by atoms with Crippen LogP contribution >= 0.6 is 0 Å². The lowest BCUT2D eigenvalue weighted by atomic mass is 10.0. The summed E-state index contributed by atoms with van der Waals surface area (Å²) in [5.41, 5.74) is 6.28. The fourth-order valence-electron chi connectivity index (χ4n) is 4.42. The molecule has 176 valence electrons. The number of nitrogens with zero attached hydrogens (tertiary/aromatic N) is 4. The zero-order valence-corrected chi connectivity index (χ0v) is 19.9. The molecular formula is C27H32N6O. The van der Waals surface area contributed by atoms with Crippen LogP contribution in [0.15, 0.2) is 48.8 Å². The van der Waals surface area contributed by atoms with Crippen molar-refractivity contribution in [2.24, 2.45) is 0 Å². The van der Waals surface area contributed by atoms with E-state index < -0.39 is 0 Å². The molecule has 1 aromatic heterocycles. The molecule has 34 heavy (non-hydrogen) atoms. The lowest BCUT2D eigenvalue weighted by Crippen LogP contribution is -2.35. The van der Waals surface area contributed by atoms with Crippen LogP contribution in [0, 0.1) is 5.41 Å². The Morgan fingerprint density at radius 1 is 1.18 bits per heavy atom. The van der Waals surface area contributed by atoms with Gasteiger partial charge in [0.05, 0.1) is 18.7 Å². The van der Waals surface area contributed by atoms with Gasteiger partial charge in [0, 0.05) is 69.0 Å². The smallest absolute Gasteiger partial charge is 0.227 e. The van der Waals surface area contributed by atoms with Crippen LogP contribution in [0.3, 0.4) is 0 Å². The highest BCUT2D eigenvalue weighted by Gasteiger charge is 2.23.